The van der Waals surface area contributed by atoms with E-state index in [1.165, 1.54) is 6.07 Å². The van der Waals surface area contributed by atoms with Crippen molar-refractivity contribution >= 4 is 0 Å². The van der Waals surface area contributed by atoms with Crippen LogP contribution in [0.25, 0.3) is 0 Å². The zero-order chi connectivity index (χ0) is 14.5. The molecule has 0 saturated heterocycles. The molecule has 0 aliphatic carbocycles. The van der Waals surface area contributed by atoms with E-state index in [-0.39, 0.29) is 5.82 Å². The standard InChI is InChI=1S/C16H18F2N2/c1-20(10-13-4-2-12(9-19)3-5-13)11-14-8-15(17)6-7-16(14)18/h2-8H,9-11,19H2,1H3. The highest BCUT2D eigenvalue weighted by Gasteiger charge is 2.07. The molecule has 2 nitrogen and oxygen atoms in total. The molecule has 0 bridgehead atoms. The fourth-order valence-electron chi connectivity index (χ4n) is 2.10. The summed E-state index contributed by atoms with van der Waals surface area (Å²) < 4.78 is 26.7. The highest BCUT2D eigenvalue weighted by molar-refractivity contribution is 5.23. The van der Waals surface area contributed by atoms with Gasteiger partial charge in [0.1, 0.15) is 11.6 Å². The van der Waals surface area contributed by atoms with Crippen LogP contribution >= 0.6 is 0 Å². The maximum absolute atomic E-state index is 13.6. The zero-order valence-electron chi connectivity index (χ0n) is 11.4. The van der Waals surface area contributed by atoms with E-state index < -0.39 is 5.82 Å². The molecule has 20 heavy (non-hydrogen) atoms. The first kappa shape index (κ1) is 14.6. The van der Waals surface area contributed by atoms with Gasteiger partial charge in [-0.1, -0.05) is 24.3 Å². The number of rotatable bonds is 5. The second-order valence-electron chi connectivity index (χ2n) is 4.93. The van der Waals surface area contributed by atoms with E-state index in [4.69, 9.17) is 5.73 Å². The van der Waals surface area contributed by atoms with Crippen molar-refractivity contribution in [3.63, 3.8) is 0 Å². The molecule has 106 valence electrons. The molecule has 2 rings (SSSR count). The number of benzene rings is 2. The highest BCUT2D eigenvalue weighted by atomic mass is 19.1. The molecule has 0 heterocycles. The molecule has 0 radical (unpaired) electrons. The average Bonchev–Trinajstić information content (AvgIpc) is 2.43. The van der Waals surface area contributed by atoms with Crippen molar-refractivity contribution < 1.29 is 8.78 Å². The van der Waals surface area contributed by atoms with Gasteiger partial charge in [0.05, 0.1) is 0 Å². The molecule has 2 aromatic rings. The Bertz CT molecular complexity index is 567. The van der Waals surface area contributed by atoms with Crippen molar-refractivity contribution in [1.29, 1.82) is 0 Å². The van der Waals surface area contributed by atoms with E-state index in [1.54, 1.807) is 0 Å². The monoisotopic (exact) mass is 276 g/mol. The van der Waals surface area contributed by atoms with Crippen molar-refractivity contribution in [3.05, 3.63) is 70.8 Å². The second-order valence-corrected chi connectivity index (χ2v) is 4.93. The van der Waals surface area contributed by atoms with Crippen LogP contribution in [-0.2, 0) is 19.6 Å². The predicted molar refractivity (Wildman–Crippen MR) is 75.9 cm³/mol. The largest absolute Gasteiger partial charge is 0.326 e. The van der Waals surface area contributed by atoms with Crippen LogP contribution in [0.1, 0.15) is 16.7 Å². The summed E-state index contributed by atoms with van der Waals surface area (Å²) in [7, 11) is 1.88. The van der Waals surface area contributed by atoms with Crippen LogP contribution in [0.5, 0.6) is 0 Å². The van der Waals surface area contributed by atoms with Crippen molar-refractivity contribution in [3.8, 4) is 0 Å². The maximum Gasteiger partial charge on any atom is 0.127 e. The summed E-state index contributed by atoms with van der Waals surface area (Å²) in [6, 6.07) is 11.5. The Hall–Kier alpha value is -1.78. The van der Waals surface area contributed by atoms with Gasteiger partial charge in [-0.2, -0.15) is 0 Å². The lowest BCUT2D eigenvalue weighted by Gasteiger charge is -2.17. The molecule has 0 saturated carbocycles. The Morgan fingerprint density at radius 1 is 0.950 bits per heavy atom. The predicted octanol–water partition coefficient (Wildman–Crippen LogP) is 3.06. The van der Waals surface area contributed by atoms with E-state index in [9.17, 15) is 8.78 Å². The number of nitrogens with two attached hydrogens (primary N) is 1. The Balaban J connectivity index is 2.00. The molecule has 2 aromatic carbocycles. The first-order valence-corrected chi connectivity index (χ1v) is 6.49. The molecule has 0 unspecified atom stereocenters. The first-order chi connectivity index (χ1) is 9.58. The molecule has 0 atom stereocenters. The number of hydrogen-bond donors (Lipinski definition) is 1. The van der Waals surface area contributed by atoms with Gasteiger partial charge in [0.2, 0.25) is 0 Å². The molecule has 0 aliphatic heterocycles. The Morgan fingerprint density at radius 2 is 1.60 bits per heavy atom. The first-order valence-electron chi connectivity index (χ1n) is 6.49. The highest BCUT2D eigenvalue weighted by Crippen LogP contribution is 2.14. The Morgan fingerprint density at radius 3 is 2.25 bits per heavy atom. The third-order valence-electron chi connectivity index (χ3n) is 3.16. The summed E-state index contributed by atoms with van der Waals surface area (Å²) in [5.74, 6) is -0.793. The molecule has 0 fully saturated rings. The van der Waals surface area contributed by atoms with Gasteiger partial charge in [-0.05, 0) is 36.4 Å². The van der Waals surface area contributed by atoms with Gasteiger partial charge < -0.3 is 5.73 Å². The van der Waals surface area contributed by atoms with Crippen LogP contribution in [0.4, 0.5) is 8.78 Å². The lowest BCUT2D eigenvalue weighted by atomic mass is 10.1. The molecule has 0 amide bonds. The summed E-state index contributed by atoms with van der Waals surface area (Å²) in [5.41, 5.74) is 8.10. The van der Waals surface area contributed by atoms with Crippen LogP contribution < -0.4 is 5.73 Å². The Kier molecular flexibility index (Phi) is 4.82. The van der Waals surface area contributed by atoms with Gasteiger partial charge in [0, 0.05) is 25.2 Å². The van der Waals surface area contributed by atoms with E-state index in [1.807, 2.05) is 36.2 Å². The van der Waals surface area contributed by atoms with Gasteiger partial charge in [-0.25, -0.2) is 8.78 Å². The third-order valence-corrected chi connectivity index (χ3v) is 3.16. The lowest BCUT2D eigenvalue weighted by Crippen LogP contribution is -2.18. The summed E-state index contributed by atoms with van der Waals surface area (Å²) in [6.07, 6.45) is 0. The van der Waals surface area contributed by atoms with E-state index >= 15 is 0 Å². The van der Waals surface area contributed by atoms with Crippen LogP contribution in [-0.4, -0.2) is 11.9 Å². The van der Waals surface area contributed by atoms with Crippen molar-refractivity contribution in [2.75, 3.05) is 7.05 Å². The number of halogens is 2. The zero-order valence-corrected chi connectivity index (χ0v) is 11.4. The maximum atomic E-state index is 13.6. The van der Waals surface area contributed by atoms with Crippen LogP contribution in [0, 0.1) is 11.6 Å². The normalized spacial score (nSPS) is 11.1. The fraction of sp³-hybridized carbons (Fsp3) is 0.250. The molecule has 0 aliphatic rings. The molecule has 0 aromatic heterocycles. The minimum atomic E-state index is -0.415. The summed E-state index contributed by atoms with van der Waals surface area (Å²) in [4.78, 5) is 1.94. The van der Waals surface area contributed by atoms with Crippen LogP contribution in [0.15, 0.2) is 42.5 Å². The van der Waals surface area contributed by atoms with Crippen molar-refractivity contribution in [2.24, 2.45) is 5.73 Å². The van der Waals surface area contributed by atoms with Gasteiger partial charge in [0.25, 0.3) is 0 Å². The van der Waals surface area contributed by atoms with Crippen LogP contribution in [0.3, 0.4) is 0 Å². The van der Waals surface area contributed by atoms with Gasteiger partial charge in [0.15, 0.2) is 0 Å². The Labute approximate surface area is 117 Å². The van der Waals surface area contributed by atoms with E-state index in [0.717, 1.165) is 23.3 Å². The topological polar surface area (TPSA) is 29.3 Å². The fourth-order valence-corrected chi connectivity index (χ4v) is 2.10. The second kappa shape index (κ2) is 6.59. The average molecular weight is 276 g/mol. The number of hydrogen-bond acceptors (Lipinski definition) is 2. The van der Waals surface area contributed by atoms with Gasteiger partial charge in [-0.15, -0.1) is 0 Å². The smallest absolute Gasteiger partial charge is 0.127 e. The summed E-state index contributed by atoms with van der Waals surface area (Å²) in [5, 5.41) is 0. The van der Waals surface area contributed by atoms with Gasteiger partial charge in [-0.3, -0.25) is 4.90 Å². The minimum absolute atomic E-state index is 0.363. The molecular weight excluding hydrogens is 258 g/mol. The number of nitrogens with zero attached hydrogens (tertiary/aromatic N) is 1. The summed E-state index contributed by atoms with van der Waals surface area (Å²) >= 11 is 0. The minimum Gasteiger partial charge on any atom is -0.326 e. The van der Waals surface area contributed by atoms with Crippen molar-refractivity contribution in [2.45, 2.75) is 19.6 Å². The van der Waals surface area contributed by atoms with Crippen molar-refractivity contribution in [1.82, 2.24) is 4.90 Å². The SMILES string of the molecule is CN(Cc1ccc(CN)cc1)Cc1cc(F)ccc1F. The third kappa shape index (κ3) is 3.85. The molecule has 4 heteroatoms. The van der Waals surface area contributed by atoms with Gasteiger partial charge >= 0.3 is 0 Å². The van der Waals surface area contributed by atoms with E-state index in [2.05, 4.69) is 0 Å². The quantitative estimate of drug-likeness (QED) is 0.909. The van der Waals surface area contributed by atoms with Crippen LogP contribution in [0.2, 0.25) is 0 Å². The molecule has 2 N–H and O–H groups in total. The molecular formula is C16H18F2N2. The van der Waals surface area contributed by atoms with E-state index in [0.29, 0.717) is 25.2 Å². The molecule has 0 spiro atoms. The summed E-state index contributed by atoms with van der Waals surface area (Å²) in [6.45, 7) is 1.55. The lowest BCUT2D eigenvalue weighted by molar-refractivity contribution is 0.313.